The first-order valence-electron chi connectivity index (χ1n) is 7.08. The maximum Gasteiger partial charge on any atom is 0.121 e. The lowest BCUT2D eigenvalue weighted by molar-refractivity contribution is 0.434. The molecule has 20 heavy (non-hydrogen) atoms. The van der Waals surface area contributed by atoms with E-state index in [1.165, 1.54) is 16.3 Å². The van der Waals surface area contributed by atoms with Crippen LogP contribution in [0.25, 0.3) is 10.8 Å². The van der Waals surface area contributed by atoms with Crippen LogP contribution in [0.15, 0.2) is 59.0 Å². The van der Waals surface area contributed by atoms with Gasteiger partial charge in [-0.25, -0.2) is 0 Å². The minimum absolute atomic E-state index is 0.0866. The molecule has 1 aromatic heterocycles. The number of hydrogen-bond acceptors (Lipinski definition) is 2. The first-order valence-corrected chi connectivity index (χ1v) is 7.08. The molecule has 3 rings (SSSR count). The fourth-order valence-corrected chi connectivity index (χ4v) is 2.50. The first-order chi connectivity index (χ1) is 9.76. The van der Waals surface area contributed by atoms with Crippen molar-refractivity contribution < 1.29 is 4.42 Å². The maximum atomic E-state index is 6.25. The van der Waals surface area contributed by atoms with Crippen molar-refractivity contribution in [3.05, 3.63) is 71.7 Å². The van der Waals surface area contributed by atoms with Crippen LogP contribution in [0.2, 0.25) is 0 Å². The Labute approximate surface area is 119 Å². The van der Waals surface area contributed by atoms with Crippen LogP contribution in [0.5, 0.6) is 0 Å². The maximum absolute atomic E-state index is 6.25. The lowest BCUT2D eigenvalue weighted by Crippen LogP contribution is -2.12. The molecular formula is C18H19NO. The van der Waals surface area contributed by atoms with E-state index in [2.05, 4.69) is 49.4 Å². The van der Waals surface area contributed by atoms with Crippen LogP contribution >= 0.6 is 0 Å². The molecule has 0 aliphatic carbocycles. The van der Waals surface area contributed by atoms with Crippen molar-refractivity contribution in [3.8, 4) is 0 Å². The highest BCUT2D eigenvalue weighted by Crippen LogP contribution is 2.22. The third kappa shape index (κ3) is 2.61. The van der Waals surface area contributed by atoms with Crippen LogP contribution in [0.4, 0.5) is 0 Å². The summed E-state index contributed by atoms with van der Waals surface area (Å²) in [6.07, 6.45) is 1.70. The zero-order valence-electron chi connectivity index (χ0n) is 11.7. The van der Waals surface area contributed by atoms with E-state index in [1.54, 1.807) is 0 Å². The van der Waals surface area contributed by atoms with Crippen LogP contribution in [0.1, 0.15) is 30.0 Å². The molecule has 2 aromatic carbocycles. The molecule has 1 atom stereocenters. The third-order valence-corrected chi connectivity index (χ3v) is 3.67. The highest BCUT2D eigenvalue weighted by molar-refractivity contribution is 5.82. The van der Waals surface area contributed by atoms with Gasteiger partial charge in [-0.15, -0.1) is 0 Å². The van der Waals surface area contributed by atoms with Crippen molar-refractivity contribution >= 4 is 10.8 Å². The molecule has 0 saturated carbocycles. The van der Waals surface area contributed by atoms with Crippen molar-refractivity contribution in [3.63, 3.8) is 0 Å². The first kappa shape index (κ1) is 12.9. The second-order valence-corrected chi connectivity index (χ2v) is 5.15. The summed E-state index contributed by atoms with van der Waals surface area (Å²) in [5.41, 5.74) is 7.49. The van der Waals surface area contributed by atoms with Gasteiger partial charge in [0.2, 0.25) is 0 Å². The number of furan rings is 1. The summed E-state index contributed by atoms with van der Waals surface area (Å²) in [6.45, 7) is 2.08. The normalized spacial score (nSPS) is 12.7. The average molecular weight is 265 g/mol. The highest BCUT2D eigenvalue weighted by atomic mass is 16.3. The van der Waals surface area contributed by atoms with Gasteiger partial charge >= 0.3 is 0 Å². The van der Waals surface area contributed by atoms with Gasteiger partial charge in [0.1, 0.15) is 11.5 Å². The fourth-order valence-electron chi connectivity index (χ4n) is 2.50. The molecule has 1 unspecified atom stereocenters. The quantitative estimate of drug-likeness (QED) is 0.766. The number of hydrogen-bond donors (Lipinski definition) is 1. The minimum Gasteiger partial charge on any atom is -0.464 e. The largest absolute Gasteiger partial charge is 0.464 e. The molecular weight excluding hydrogens is 246 g/mol. The van der Waals surface area contributed by atoms with Crippen molar-refractivity contribution in [2.24, 2.45) is 5.73 Å². The zero-order chi connectivity index (χ0) is 13.9. The van der Waals surface area contributed by atoms with Gasteiger partial charge in [0.05, 0.1) is 6.04 Å². The van der Waals surface area contributed by atoms with Gasteiger partial charge in [0, 0.05) is 6.42 Å². The van der Waals surface area contributed by atoms with E-state index in [4.69, 9.17) is 10.2 Å². The second-order valence-electron chi connectivity index (χ2n) is 5.15. The Bertz CT molecular complexity index is 714. The van der Waals surface area contributed by atoms with Crippen LogP contribution in [-0.2, 0) is 12.8 Å². The molecule has 0 radical (unpaired) electrons. The van der Waals surface area contributed by atoms with E-state index in [0.717, 1.165) is 24.4 Å². The minimum atomic E-state index is -0.0866. The fraction of sp³-hybridized carbons (Fsp3) is 0.222. The van der Waals surface area contributed by atoms with Crippen LogP contribution in [0.3, 0.4) is 0 Å². The summed E-state index contributed by atoms with van der Waals surface area (Å²) in [7, 11) is 0. The Hall–Kier alpha value is -2.06. The Balaban J connectivity index is 1.81. The molecule has 102 valence electrons. The lowest BCUT2D eigenvalue weighted by Gasteiger charge is -2.10. The highest BCUT2D eigenvalue weighted by Gasteiger charge is 2.11. The summed E-state index contributed by atoms with van der Waals surface area (Å²) in [4.78, 5) is 0. The molecule has 2 N–H and O–H groups in total. The molecule has 0 saturated heterocycles. The zero-order valence-corrected chi connectivity index (χ0v) is 11.7. The van der Waals surface area contributed by atoms with Crippen molar-refractivity contribution in [2.75, 3.05) is 0 Å². The van der Waals surface area contributed by atoms with Gasteiger partial charge in [-0.3, -0.25) is 0 Å². The molecule has 1 heterocycles. The Morgan fingerprint density at radius 1 is 1.00 bits per heavy atom. The Kier molecular flexibility index (Phi) is 3.57. The van der Waals surface area contributed by atoms with E-state index in [1.807, 2.05) is 12.1 Å². The topological polar surface area (TPSA) is 39.2 Å². The third-order valence-electron chi connectivity index (χ3n) is 3.67. The number of aryl methyl sites for hydroxylation is 1. The summed E-state index contributed by atoms with van der Waals surface area (Å²) in [5, 5.41) is 2.52. The van der Waals surface area contributed by atoms with Gasteiger partial charge in [0.15, 0.2) is 0 Å². The predicted octanol–water partition coefficient (Wildman–Crippen LogP) is 4.24. The van der Waals surface area contributed by atoms with Crippen molar-refractivity contribution in [1.29, 1.82) is 0 Å². The number of nitrogens with two attached hydrogens (primary N) is 1. The van der Waals surface area contributed by atoms with Gasteiger partial charge in [0.25, 0.3) is 0 Å². The van der Waals surface area contributed by atoms with Crippen LogP contribution in [0, 0.1) is 0 Å². The Morgan fingerprint density at radius 2 is 1.80 bits per heavy atom. The monoisotopic (exact) mass is 265 g/mol. The number of fused-ring (bicyclic) bond motifs is 1. The SMILES string of the molecule is CCc1ccc(C(N)Cc2ccc3ccccc3c2)o1. The summed E-state index contributed by atoms with van der Waals surface area (Å²) in [5.74, 6) is 1.86. The van der Waals surface area contributed by atoms with E-state index in [0.29, 0.717) is 0 Å². The van der Waals surface area contributed by atoms with Gasteiger partial charge in [-0.2, -0.15) is 0 Å². The Morgan fingerprint density at radius 3 is 2.55 bits per heavy atom. The predicted molar refractivity (Wildman–Crippen MR) is 82.7 cm³/mol. The number of benzene rings is 2. The van der Waals surface area contributed by atoms with Crippen molar-refractivity contribution in [1.82, 2.24) is 0 Å². The molecule has 0 spiro atoms. The van der Waals surface area contributed by atoms with Crippen LogP contribution < -0.4 is 5.73 Å². The molecule has 0 fully saturated rings. The van der Waals surface area contributed by atoms with E-state index < -0.39 is 0 Å². The van der Waals surface area contributed by atoms with E-state index in [9.17, 15) is 0 Å². The second kappa shape index (κ2) is 5.51. The molecule has 0 bridgehead atoms. The van der Waals surface area contributed by atoms with Crippen molar-refractivity contribution in [2.45, 2.75) is 25.8 Å². The number of rotatable bonds is 4. The molecule has 2 nitrogen and oxygen atoms in total. The molecule has 0 amide bonds. The van der Waals surface area contributed by atoms with E-state index >= 15 is 0 Å². The average Bonchev–Trinajstić information content (AvgIpc) is 2.96. The molecule has 0 aliphatic heterocycles. The summed E-state index contributed by atoms with van der Waals surface area (Å²) < 4.78 is 5.73. The molecule has 3 aromatic rings. The smallest absolute Gasteiger partial charge is 0.121 e. The van der Waals surface area contributed by atoms with Gasteiger partial charge < -0.3 is 10.2 Å². The molecule has 0 aliphatic rings. The van der Waals surface area contributed by atoms with Gasteiger partial charge in [-0.1, -0.05) is 49.4 Å². The van der Waals surface area contributed by atoms with Crippen LogP contribution in [-0.4, -0.2) is 0 Å². The molecule has 2 heteroatoms. The van der Waals surface area contributed by atoms with E-state index in [-0.39, 0.29) is 6.04 Å². The summed E-state index contributed by atoms with van der Waals surface area (Å²) >= 11 is 0. The lowest BCUT2D eigenvalue weighted by atomic mass is 10.0. The standard InChI is InChI=1S/C18H19NO/c1-2-16-9-10-18(20-16)17(19)12-13-7-8-14-5-3-4-6-15(14)11-13/h3-11,17H,2,12,19H2,1H3. The van der Waals surface area contributed by atoms with Gasteiger partial charge in [-0.05, 0) is 34.9 Å². The summed E-state index contributed by atoms with van der Waals surface area (Å²) in [6, 6.07) is 18.8.